The number of hydrogen-bond donors (Lipinski definition) is 1. The first-order valence-corrected chi connectivity index (χ1v) is 7.27. The van der Waals surface area contributed by atoms with E-state index in [1.165, 1.54) is 4.88 Å². The summed E-state index contributed by atoms with van der Waals surface area (Å²) >= 11 is 6.70. The van der Waals surface area contributed by atoms with Gasteiger partial charge in [-0.2, -0.15) is 0 Å². The Morgan fingerprint density at radius 1 is 1.62 bits per heavy atom. The third-order valence-electron chi connectivity index (χ3n) is 1.98. The molecular weight excluding hydrogens is 308 g/mol. The van der Waals surface area contributed by atoms with Crippen molar-refractivity contribution in [3.63, 3.8) is 0 Å². The van der Waals surface area contributed by atoms with Crippen LogP contribution in [-0.2, 0) is 0 Å². The molecule has 0 saturated carbocycles. The van der Waals surface area contributed by atoms with Crippen LogP contribution in [0.2, 0.25) is 0 Å². The molecule has 16 heavy (non-hydrogen) atoms. The van der Waals surface area contributed by atoms with E-state index in [0.29, 0.717) is 5.22 Å². The van der Waals surface area contributed by atoms with Crippen LogP contribution in [0.15, 0.2) is 38.0 Å². The molecule has 3 nitrogen and oxygen atoms in total. The summed E-state index contributed by atoms with van der Waals surface area (Å²) in [7, 11) is 0. The Bertz CT molecular complexity index is 441. The average molecular weight is 319 g/mol. The number of thioether (sulfide) groups is 1. The molecule has 0 amide bonds. The van der Waals surface area contributed by atoms with Crippen molar-refractivity contribution in [1.29, 1.82) is 0 Å². The number of oxazole rings is 1. The lowest BCUT2D eigenvalue weighted by atomic mass is 10.2. The molecule has 6 heteroatoms. The van der Waals surface area contributed by atoms with Crippen LogP contribution in [0.1, 0.15) is 17.1 Å². The first-order valence-electron chi connectivity index (χ1n) is 4.72. The quantitative estimate of drug-likeness (QED) is 0.874. The lowest BCUT2D eigenvalue weighted by Gasteiger charge is -2.16. The molecule has 2 N–H and O–H groups in total. The molecule has 86 valence electrons. The first-order chi connectivity index (χ1) is 7.66. The van der Waals surface area contributed by atoms with Gasteiger partial charge in [0.25, 0.3) is 5.22 Å². The predicted molar refractivity (Wildman–Crippen MR) is 70.8 cm³/mol. The van der Waals surface area contributed by atoms with Crippen molar-refractivity contribution in [3.8, 4) is 0 Å². The highest BCUT2D eigenvalue weighted by Crippen LogP contribution is 2.39. The van der Waals surface area contributed by atoms with Crippen molar-refractivity contribution in [2.24, 2.45) is 5.73 Å². The van der Waals surface area contributed by atoms with E-state index in [4.69, 9.17) is 10.2 Å². The molecule has 0 fully saturated rings. The Morgan fingerprint density at radius 2 is 2.44 bits per heavy atom. The summed E-state index contributed by atoms with van der Waals surface area (Å²) in [5.74, 6) is 0. The van der Waals surface area contributed by atoms with Crippen LogP contribution in [0.5, 0.6) is 0 Å². The van der Waals surface area contributed by atoms with Crippen molar-refractivity contribution in [2.75, 3.05) is 0 Å². The maximum Gasteiger partial charge on any atom is 0.256 e. The molecule has 0 spiro atoms. The minimum absolute atomic E-state index is 0.0439. The van der Waals surface area contributed by atoms with E-state index in [9.17, 15) is 0 Å². The van der Waals surface area contributed by atoms with Gasteiger partial charge in [0.1, 0.15) is 6.26 Å². The largest absolute Gasteiger partial charge is 0.440 e. The smallest absolute Gasteiger partial charge is 0.256 e. The first kappa shape index (κ1) is 12.2. The van der Waals surface area contributed by atoms with Crippen LogP contribution in [-0.4, -0.2) is 11.0 Å². The second-order valence-electron chi connectivity index (χ2n) is 3.36. The van der Waals surface area contributed by atoms with E-state index in [-0.39, 0.29) is 11.3 Å². The van der Waals surface area contributed by atoms with Gasteiger partial charge in [0, 0.05) is 20.8 Å². The minimum atomic E-state index is 0.0439. The molecule has 0 aromatic carbocycles. The van der Waals surface area contributed by atoms with Crippen LogP contribution in [0.25, 0.3) is 0 Å². The molecule has 0 aliphatic heterocycles. The molecule has 2 atom stereocenters. The fourth-order valence-corrected chi connectivity index (χ4v) is 3.98. The Labute approximate surface area is 111 Å². The molecule has 2 rings (SSSR count). The fraction of sp³-hybridized carbons (Fsp3) is 0.300. The lowest BCUT2D eigenvalue weighted by molar-refractivity contribution is 0.452. The van der Waals surface area contributed by atoms with Gasteiger partial charge in [0.15, 0.2) is 0 Å². The third kappa shape index (κ3) is 2.88. The zero-order chi connectivity index (χ0) is 11.5. The molecule has 0 saturated heterocycles. The van der Waals surface area contributed by atoms with Gasteiger partial charge in [-0.3, -0.25) is 0 Å². The predicted octanol–water partition coefficient (Wildman–Crippen LogP) is 3.68. The van der Waals surface area contributed by atoms with Gasteiger partial charge in [-0.15, -0.1) is 11.3 Å². The lowest BCUT2D eigenvalue weighted by Crippen LogP contribution is -2.21. The zero-order valence-corrected chi connectivity index (χ0v) is 11.8. The highest BCUT2D eigenvalue weighted by molar-refractivity contribution is 9.10. The summed E-state index contributed by atoms with van der Waals surface area (Å²) < 4.78 is 6.32. The molecule has 0 bridgehead atoms. The third-order valence-corrected chi connectivity index (χ3v) is 5.25. The van der Waals surface area contributed by atoms with Crippen molar-refractivity contribution < 1.29 is 4.42 Å². The normalized spacial score (nSPS) is 14.9. The van der Waals surface area contributed by atoms with Gasteiger partial charge >= 0.3 is 0 Å². The molecule has 2 unspecified atom stereocenters. The van der Waals surface area contributed by atoms with Crippen LogP contribution in [0.4, 0.5) is 0 Å². The van der Waals surface area contributed by atoms with Gasteiger partial charge in [0.2, 0.25) is 0 Å². The van der Waals surface area contributed by atoms with Gasteiger partial charge in [0.05, 0.1) is 11.4 Å². The van der Waals surface area contributed by atoms with Crippen LogP contribution in [0, 0.1) is 0 Å². The van der Waals surface area contributed by atoms with Gasteiger partial charge in [-0.05, 0) is 28.9 Å². The number of nitrogens with two attached hydrogens (primary N) is 1. The number of aromatic nitrogens is 1. The number of thiophene rings is 1. The van der Waals surface area contributed by atoms with Crippen LogP contribution >= 0.6 is 39.0 Å². The fourth-order valence-electron chi connectivity index (χ4n) is 1.28. The SMILES string of the molecule is CC(N)C(Sc1ncco1)c1cc(Br)cs1. The zero-order valence-electron chi connectivity index (χ0n) is 8.59. The Balaban J connectivity index is 2.18. The molecule has 0 radical (unpaired) electrons. The molecule has 2 aromatic rings. The maximum atomic E-state index is 6.00. The average Bonchev–Trinajstić information content (AvgIpc) is 2.84. The van der Waals surface area contributed by atoms with Crippen molar-refractivity contribution >= 4 is 39.0 Å². The Kier molecular flexibility index (Phi) is 4.07. The Hall–Kier alpha value is -0.300. The van der Waals surface area contributed by atoms with E-state index in [1.54, 1.807) is 35.6 Å². The second kappa shape index (κ2) is 5.35. The molecular formula is C10H11BrN2OS2. The maximum absolute atomic E-state index is 6.00. The Morgan fingerprint density at radius 3 is 2.94 bits per heavy atom. The van der Waals surface area contributed by atoms with E-state index >= 15 is 0 Å². The van der Waals surface area contributed by atoms with Gasteiger partial charge in [-0.25, -0.2) is 4.98 Å². The summed E-state index contributed by atoms with van der Waals surface area (Å²) in [5.41, 5.74) is 6.00. The summed E-state index contributed by atoms with van der Waals surface area (Å²) in [6, 6.07) is 2.14. The summed E-state index contributed by atoms with van der Waals surface area (Å²) in [4.78, 5) is 5.33. The van der Waals surface area contributed by atoms with Crippen molar-refractivity contribution in [3.05, 3.63) is 33.3 Å². The van der Waals surface area contributed by atoms with E-state index in [0.717, 1.165) is 4.47 Å². The standard InChI is InChI=1S/C10H11BrN2OS2/c1-6(12)9(8-4-7(11)5-15-8)16-10-13-2-3-14-10/h2-6,9H,12H2,1H3. The van der Waals surface area contributed by atoms with Crippen LogP contribution in [0.3, 0.4) is 0 Å². The summed E-state index contributed by atoms with van der Waals surface area (Å²) in [5, 5.41) is 2.89. The highest BCUT2D eigenvalue weighted by Gasteiger charge is 2.21. The molecule has 0 aliphatic rings. The monoisotopic (exact) mass is 318 g/mol. The highest BCUT2D eigenvalue weighted by atomic mass is 79.9. The van der Waals surface area contributed by atoms with Crippen LogP contribution < -0.4 is 5.73 Å². The number of nitrogens with zero attached hydrogens (tertiary/aromatic N) is 1. The van der Waals surface area contributed by atoms with E-state index in [2.05, 4.69) is 32.4 Å². The van der Waals surface area contributed by atoms with Gasteiger partial charge in [-0.1, -0.05) is 11.8 Å². The molecule has 2 aromatic heterocycles. The van der Waals surface area contributed by atoms with E-state index < -0.39 is 0 Å². The minimum Gasteiger partial charge on any atom is -0.440 e. The van der Waals surface area contributed by atoms with E-state index in [1.807, 2.05) is 6.92 Å². The van der Waals surface area contributed by atoms with Gasteiger partial charge < -0.3 is 10.2 Å². The number of halogens is 1. The topological polar surface area (TPSA) is 52.0 Å². The summed E-state index contributed by atoms with van der Waals surface area (Å²) in [6.45, 7) is 1.99. The number of rotatable bonds is 4. The molecule has 2 heterocycles. The molecule has 0 aliphatic carbocycles. The number of hydrogen-bond acceptors (Lipinski definition) is 5. The van der Waals surface area contributed by atoms with Crippen molar-refractivity contribution in [1.82, 2.24) is 4.98 Å². The van der Waals surface area contributed by atoms with Crippen molar-refractivity contribution in [2.45, 2.75) is 23.4 Å². The second-order valence-corrected chi connectivity index (χ2v) is 6.31. The summed E-state index contributed by atoms with van der Waals surface area (Å²) in [6.07, 6.45) is 3.22.